The monoisotopic (exact) mass is 443 g/mol. The van der Waals surface area contributed by atoms with Crippen molar-refractivity contribution in [2.45, 2.75) is 91.6 Å². The summed E-state index contributed by atoms with van der Waals surface area (Å²) < 4.78 is 12.1. The molecule has 3 heteroatoms. The first kappa shape index (κ1) is 24.5. The van der Waals surface area contributed by atoms with Gasteiger partial charge in [0, 0.05) is 6.54 Å². The van der Waals surface area contributed by atoms with Crippen LogP contribution in [0, 0.1) is 28.6 Å². The summed E-state index contributed by atoms with van der Waals surface area (Å²) in [5, 5.41) is 0. The van der Waals surface area contributed by atoms with E-state index in [4.69, 9.17) is 9.47 Å². The van der Waals surface area contributed by atoms with Crippen molar-refractivity contribution in [3.63, 3.8) is 0 Å². The van der Waals surface area contributed by atoms with E-state index in [9.17, 15) is 0 Å². The van der Waals surface area contributed by atoms with Crippen LogP contribution in [0.15, 0.2) is 23.8 Å². The molecule has 0 aromatic heterocycles. The average molecular weight is 444 g/mol. The molecule has 5 rings (SSSR count). The predicted molar refractivity (Wildman–Crippen MR) is 134 cm³/mol. The number of rotatable bonds is 7. The Labute approximate surface area is 198 Å². The van der Waals surface area contributed by atoms with Crippen LogP contribution in [0.4, 0.5) is 0 Å². The molecule has 1 aliphatic heterocycles. The highest BCUT2D eigenvalue weighted by Crippen LogP contribution is 2.66. The Hall–Kier alpha value is -0.640. The maximum atomic E-state index is 6.26. The van der Waals surface area contributed by atoms with Gasteiger partial charge in [-0.15, -0.1) is 0 Å². The Morgan fingerprint density at radius 1 is 0.938 bits per heavy atom. The lowest BCUT2D eigenvalue weighted by Crippen LogP contribution is -2.49. The van der Waals surface area contributed by atoms with Crippen LogP contribution in [0.3, 0.4) is 0 Å². The highest BCUT2D eigenvalue weighted by Gasteiger charge is 2.57. The molecule has 4 fully saturated rings. The zero-order valence-corrected chi connectivity index (χ0v) is 20.2. The fourth-order valence-corrected chi connectivity index (χ4v) is 8.30. The van der Waals surface area contributed by atoms with Crippen molar-refractivity contribution in [2.75, 3.05) is 39.5 Å². The number of allylic oxidation sites excluding steroid dienone is 2. The summed E-state index contributed by atoms with van der Waals surface area (Å²) in [4.78, 5) is 2.51. The van der Waals surface area contributed by atoms with Crippen LogP contribution >= 0.6 is 0 Å². The van der Waals surface area contributed by atoms with Gasteiger partial charge in [-0.2, -0.15) is 0 Å². The van der Waals surface area contributed by atoms with Crippen molar-refractivity contribution in [1.82, 2.24) is 4.90 Å². The third-order valence-electron chi connectivity index (χ3n) is 10.3. The quantitative estimate of drug-likeness (QED) is 0.325. The summed E-state index contributed by atoms with van der Waals surface area (Å²) in [5.74, 6) is 2.69. The lowest BCUT2D eigenvalue weighted by Gasteiger charge is -2.58. The maximum Gasteiger partial charge on any atom is 0.0760 e. The molecule has 0 bridgehead atoms. The Kier molecular flexibility index (Phi) is 7.59. The van der Waals surface area contributed by atoms with E-state index in [0.717, 1.165) is 44.1 Å². The SMILES string of the molecule is C.C=C1CCC2C3CCC4=C[C@@H](OCCOCCN5CCCC5)CC[C@]4(C)C3CC[C@]12C. The zero-order chi connectivity index (χ0) is 21.5. The van der Waals surface area contributed by atoms with Gasteiger partial charge in [0.15, 0.2) is 0 Å². The van der Waals surface area contributed by atoms with E-state index in [1.807, 2.05) is 0 Å². The van der Waals surface area contributed by atoms with Crippen molar-refractivity contribution in [3.05, 3.63) is 23.8 Å². The third-order valence-corrected chi connectivity index (χ3v) is 10.3. The van der Waals surface area contributed by atoms with Crippen LogP contribution in [-0.2, 0) is 9.47 Å². The number of fused-ring (bicyclic) bond motifs is 5. The molecule has 5 aliphatic rings. The maximum absolute atomic E-state index is 6.26. The van der Waals surface area contributed by atoms with Crippen LogP contribution in [0.5, 0.6) is 0 Å². The number of nitrogens with zero attached hydrogens (tertiary/aromatic N) is 1. The molecule has 3 saturated carbocycles. The molecule has 3 nitrogen and oxygen atoms in total. The standard InChI is InChI=1S/C28H45NO2.CH4/c1-21-6-9-25-24-8-7-22-20-23(31-19-18-30-17-16-29-14-4-5-15-29)10-12-28(22,3)26(24)11-13-27(21,25)2;/h20,23-26H,1,4-19H2,2-3H3;1H4/t23-,24?,25?,26?,27+,28-;/m0./s1. The molecule has 32 heavy (non-hydrogen) atoms. The molecule has 0 spiro atoms. The molecular formula is C29H49NO2. The normalized spacial score (nSPS) is 41.4. The smallest absolute Gasteiger partial charge is 0.0760 e. The largest absolute Gasteiger partial charge is 0.378 e. The second-order valence-corrected chi connectivity index (χ2v) is 11.7. The number of likely N-dealkylation sites (tertiary alicyclic amines) is 1. The van der Waals surface area contributed by atoms with E-state index < -0.39 is 0 Å². The third kappa shape index (κ3) is 4.39. The van der Waals surface area contributed by atoms with Crippen LogP contribution in [0.25, 0.3) is 0 Å². The van der Waals surface area contributed by atoms with Gasteiger partial charge in [0.1, 0.15) is 0 Å². The van der Waals surface area contributed by atoms with Gasteiger partial charge in [0.2, 0.25) is 0 Å². The van der Waals surface area contributed by atoms with Crippen molar-refractivity contribution >= 4 is 0 Å². The molecule has 0 N–H and O–H groups in total. The lowest BCUT2D eigenvalue weighted by atomic mass is 9.47. The number of hydrogen-bond donors (Lipinski definition) is 0. The minimum atomic E-state index is 0. The summed E-state index contributed by atoms with van der Waals surface area (Å²) in [7, 11) is 0. The van der Waals surface area contributed by atoms with E-state index in [0.29, 0.717) is 16.9 Å². The Balaban J connectivity index is 0.00000245. The molecule has 182 valence electrons. The van der Waals surface area contributed by atoms with E-state index in [2.05, 4.69) is 31.4 Å². The second kappa shape index (κ2) is 9.92. The molecule has 0 radical (unpaired) electrons. The summed E-state index contributed by atoms with van der Waals surface area (Å²) in [6.45, 7) is 15.5. The predicted octanol–water partition coefficient (Wildman–Crippen LogP) is 6.64. The van der Waals surface area contributed by atoms with Crippen LogP contribution in [-0.4, -0.2) is 50.5 Å². The summed E-state index contributed by atoms with van der Waals surface area (Å²) >= 11 is 0. The first-order valence-electron chi connectivity index (χ1n) is 13.3. The molecule has 4 aliphatic carbocycles. The average Bonchev–Trinajstić information content (AvgIpc) is 3.38. The van der Waals surface area contributed by atoms with E-state index in [1.165, 1.54) is 77.3 Å². The zero-order valence-electron chi connectivity index (χ0n) is 20.2. The highest BCUT2D eigenvalue weighted by atomic mass is 16.5. The van der Waals surface area contributed by atoms with Crippen LogP contribution in [0.2, 0.25) is 0 Å². The number of hydrogen-bond acceptors (Lipinski definition) is 3. The van der Waals surface area contributed by atoms with Gasteiger partial charge in [-0.05, 0) is 106 Å². The number of ether oxygens (including phenoxy) is 2. The minimum Gasteiger partial charge on any atom is -0.378 e. The first-order chi connectivity index (χ1) is 15.0. The van der Waals surface area contributed by atoms with Gasteiger partial charge in [-0.25, -0.2) is 0 Å². The fourth-order valence-electron chi connectivity index (χ4n) is 8.30. The van der Waals surface area contributed by atoms with Gasteiger partial charge in [-0.3, -0.25) is 0 Å². The molecule has 1 heterocycles. The van der Waals surface area contributed by atoms with E-state index >= 15 is 0 Å². The van der Waals surface area contributed by atoms with Crippen LogP contribution < -0.4 is 0 Å². The van der Waals surface area contributed by atoms with Crippen molar-refractivity contribution in [2.24, 2.45) is 28.6 Å². The molecule has 0 amide bonds. The highest BCUT2D eigenvalue weighted by molar-refractivity contribution is 5.28. The Morgan fingerprint density at radius 2 is 1.69 bits per heavy atom. The van der Waals surface area contributed by atoms with Gasteiger partial charge in [0.25, 0.3) is 0 Å². The van der Waals surface area contributed by atoms with Crippen molar-refractivity contribution < 1.29 is 9.47 Å². The topological polar surface area (TPSA) is 21.7 Å². The summed E-state index contributed by atoms with van der Waals surface area (Å²) in [5.41, 5.74) is 4.14. The molecule has 0 aromatic carbocycles. The van der Waals surface area contributed by atoms with E-state index in [1.54, 1.807) is 11.1 Å². The van der Waals surface area contributed by atoms with E-state index in [-0.39, 0.29) is 7.43 Å². The molecular weight excluding hydrogens is 394 g/mol. The molecule has 3 unspecified atom stereocenters. The van der Waals surface area contributed by atoms with Gasteiger partial charge in [0.05, 0.1) is 25.9 Å². The lowest BCUT2D eigenvalue weighted by molar-refractivity contribution is -0.0413. The second-order valence-electron chi connectivity index (χ2n) is 11.7. The van der Waals surface area contributed by atoms with Gasteiger partial charge < -0.3 is 14.4 Å². The molecule has 1 saturated heterocycles. The molecule has 6 atom stereocenters. The Morgan fingerprint density at radius 3 is 2.50 bits per heavy atom. The van der Waals surface area contributed by atoms with Gasteiger partial charge >= 0.3 is 0 Å². The first-order valence-corrected chi connectivity index (χ1v) is 13.3. The fraction of sp³-hybridized carbons (Fsp3) is 0.862. The Bertz CT molecular complexity index is 695. The van der Waals surface area contributed by atoms with Crippen molar-refractivity contribution in [1.29, 1.82) is 0 Å². The summed E-state index contributed by atoms with van der Waals surface area (Å²) in [6, 6.07) is 0. The molecule has 0 aromatic rings. The van der Waals surface area contributed by atoms with Crippen LogP contribution in [0.1, 0.15) is 85.5 Å². The minimum absolute atomic E-state index is 0. The summed E-state index contributed by atoms with van der Waals surface area (Å²) in [6.07, 6.45) is 16.2. The van der Waals surface area contributed by atoms with Crippen molar-refractivity contribution in [3.8, 4) is 0 Å². The van der Waals surface area contributed by atoms with Gasteiger partial charge in [-0.1, -0.05) is 45.1 Å².